The largest absolute Gasteiger partial charge is 0.467 e. The van der Waals surface area contributed by atoms with Crippen LogP contribution in [0.5, 0.6) is 0 Å². The van der Waals surface area contributed by atoms with E-state index in [-0.39, 0.29) is 18.0 Å². The number of thiol groups is 1. The fourth-order valence-electron chi connectivity index (χ4n) is 4.87. The van der Waals surface area contributed by atoms with E-state index in [1.54, 1.807) is 6.92 Å². The molecule has 3 fully saturated rings. The van der Waals surface area contributed by atoms with Crippen LogP contribution in [0.15, 0.2) is 0 Å². The topological polar surface area (TPSA) is 76.2 Å². The van der Waals surface area contributed by atoms with Crippen molar-refractivity contribution in [3.8, 4) is 0 Å². The number of methoxy groups -OCH3 is 1. The van der Waals surface area contributed by atoms with Gasteiger partial charge in [-0.2, -0.15) is 12.6 Å². The third kappa shape index (κ3) is 5.90. The molecule has 3 rings (SSSR count). The van der Waals surface area contributed by atoms with Crippen LogP contribution in [0, 0.1) is 5.92 Å². The summed E-state index contributed by atoms with van der Waals surface area (Å²) in [6.07, 6.45) is 11.2. The average Bonchev–Trinajstić information content (AvgIpc) is 3.27. The summed E-state index contributed by atoms with van der Waals surface area (Å²) < 4.78 is 4.90. The molecule has 1 saturated heterocycles. The van der Waals surface area contributed by atoms with Crippen LogP contribution < -0.4 is 0 Å². The predicted molar refractivity (Wildman–Crippen MR) is 124 cm³/mol. The number of carbonyl (C=O) groups excluding carboxylic acids is 3. The maximum absolute atomic E-state index is 13.4. The van der Waals surface area contributed by atoms with Crippen molar-refractivity contribution in [3.63, 3.8) is 0 Å². The Kier molecular flexibility index (Phi) is 9.40. The number of rotatable bonds is 7. The van der Waals surface area contributed by atoms with Gasteiger partial charge in [0, 0.05) is 29.5 Å². The van der Waals surface area contributed by atoms with Crippen molar-refractivity contribution in [2.75, 3.05) is 18.6 Å². The molecular weight excluding hydrogens is 436 g/mol. The maximum atomic E-state index is 13.4. The van der Waals surface area contributed by atoms with E-state index in [0.29, 0.717) is 11.5 Å². The van der Waals surface area contributed by atoms with E-state index in [1.165, 1.54) is 36.6 Å². The molecule has 0 bridgehead atoms. The number of hydrogen-bond donors (Lipinski definition) is 1. The molecule has 0 spiro atoms. The highest BCUT2D eigenvalue weighted by atomic mass is 32.2. The number of hydrogen-bond acceptors (Lipinski definition) is 8. The average molecular weight is 473 g/mol. The first-order valence-electron chi connectivity index (χ1n) is 11.6. The standard InChI is InChI=1S/C22H36N2O5S2/c1-15(13-30)19(25)23-18(21(26)28-2)14-31-20(23)22(27)29-24(16-9-5-3-6-10-16)17-11-7-4-8-12-17/h15-18,20,30H,3-14H2,1-2H3/t15-,18?,20+/m1/s1. The first kappa shape index (κ1) is 24.7. The van der Waals surface area contributed by atoms with Gasteiger partial charge in [-0.1, -0.05) is 45.4 Å². The number of carbonyl (C=O) groups is 3. The van der Waals surface area contributed by atoms with Crippen molar-refractivity contribution >= 4 is 42.2 Å². The van der Waals surface area contributed by atoms with Crippen molar-refractivity contribution < 1.29 is 24.0 Å². The van der Waals surface area contributed by atoms with E-state index in [2.05, 4.69) is 12.6 Å². The molecule has 2 aliphatic carbocycles. The van der Waals surface area contributed by atoms with Crippen molar-refractivity contribution in [2.45, 2.75) is 94.6 Å². The number of nitrogens with zero attached hydrogens (tertiary/aromatic N) is 2. The quantitative estimate of drug-likeness (QED) is 0.346. The normalized spacial score (nSPS) is 26.6. The SMILES string of the molecule is COC(=O)C1CS[C@@H](C(=O)ON(C2CCCCC2)C2CCCCC2)N1C(=O)[C@H](C)CS. The molecule has 1 heterocycles. The number of thioether (sulfide) groups is 1. The minimum absolute atomic E-state index is 0.240. The molecule has 1 unspecified atom stereocenters. The van der Waals surface area contributed by atoms with E-state index in [1.807, 2.05) is 5.06 Å². The highest BCUT2D eigenvalue weighted by Crippen LogP contribution is 2.35. The van der Waals surface area contributed by atoms with Gasteiger partial charge in [0.2, 0.25) is 5.91 Å². The molecule has 1 aliphatic heterocycles. The summed E-state index contributed by atoms with van der Waals surface area (Å²) in [6.45, 7) is 1.76. The zero-order chi connectivity index (χ0) is 22.4. The zero-order valence-corrected chi connectivity index (χ0v) is 20.4. The molecule has 176 valence electrons. The van der Waals surface area contributed by atoms with E-state index in [0.717, 1.165) is 51.4 Å². The Bertz CT molecular complexity index is 619. The fourth-order valence-corrected chi connectivity index (χ4v) is 6.28. The van der Waals surface area contributed by atoms with Crippen molar-refractivity contribution in [2.24, 2.45) is 5.92 Å². The zero-order valence-electron chi connectivity index (χ0n) is 18.7. The Morgan fingerprint density at radius 1 is 1.00 bits per heavy atom. The van der Waals surface area contributed by atoms with Gasteiger partial charge in [-0.15, -0.1) is 16.8 Å². The molecule has 0 radical (unpaired) electrons. The highest BCUT2D eigenvalue weighted by Gasteiger charge is 2.48. The summed E-state index contributed by atoms with van der Waals surface area (Å²) in [5, 5.41) is 1.13. The van der Waals surface area contributed by atoms with E-state index < -0.39 is 29.3 Å². The molecule has 3 atom stereocenters. The molecule has 1 amide bonds. The van der Waals surface area contributed by atoms with E-state index >= 15 is 0 Å². The smallest absolute Gasteiger partial charge is 0.358 e. The van der Waals surface area contributed by atoms with Crippen molar-refractivity contribution in [3.05, 3.63) is 0 Å². The van der Waals surface area contributed by atoms with Gasteiger partial charge in [-0.3, -0.25) is 4.79 Å². The van der Waals surface area contributed by atoms with Gasteiger partial charge in [-0.25, -0.2) is 9.59 Å². The van der Waals surface area contributed by atoms with Gasteiger partial charge < -0.3 is 14.5 Å². The highest BCUT2D eigenvalue weighted by molar-refractivity contribution is 8.00. The molecule has 9 heteroatoms. The monoisotopic (exact) mass is 472 g/mol. The number of esters is 1. The summed E-state index contributed by atoms with van der Waals surface area (Å²) in [7, 11) is 1.30. The fraction of sp³-hybridized carbons (Fsp3) is 0.864. The summed E-state index contributed by atoms with van der Waals surface area (Å²) in [5.41, 5.74) is 0. The Labute approximate surface area is 195 Å². The molecule has 2 saturated carbocycles. The minimum atomic E-state index is -0.839. The maximum Gasteiger partial charge on any atom is 0.358 e. The van der Waals surface area contributed by atoms with Crippen molar-refractivity contribution in [1.29, 1.82) is 0 Å². The van der Waals surface area contributed by atoms with Gasteiger partial charge in [0.05, 0.1) is 7.11 Å². The number of amides is 1. The van der Waals surface area contributed by atoms with Crippen LogP contribution in [0.3, 0.4) is 0 Å². The summed E-state index contributed by atoms with van der Waals surface area (Å²) in [5.74, 6) is -0.960. The van der Waals surface area contributed by atoms with Gasteiger partial charge in [0.25, 0.3) is 0 Å². The van der Waals surface area contributed by atoms with E-state index in [9.17, 15) is 14.4 Å². The predicted octanol–water partition coefficient (Wildman–Crippen LogP) is 3.42. The van der Waals surface area contributed by atoms with Gasteiger partial charge in [-0.05, 0) is 25.7 Å². The molecule has 31 heavy (non-hydrogen) atoms. The van der Waals surface area contributed by atoms with Crippen LogP contribution in [-0.2, 0) is 24.0 Å². The molecule has 0 aromatic heterocycles. The summed E-state index contributed by atoms with van der Waals surface area (Å²) >= 11 is 5.51. The van der Waals surface area contributed by atoms with Crippen LogP contribution in [0.2, 0.25) is 0 Å². The van der Waals surface area contributed by atoms with Crippen LogP contribution in [0.25, 0.3) is 0 Å². The second-order valence-corrected chi connectivity index (χ2v) is 10.4. The number of hydroxylamine groups is 2. The molecule has 0 aromatic rings. The third-order valence-corrected chi connectivity index (χ3v) is 8.48. The number of ether oxygens (including phenoxy) is 1. The van der Waals surface area contributed by atoms with Gasteiger partial charge in [0.1, 0.15) is 6.04 Å². The lowest BCUT2D eigenvalue weighted by Crippen LogP contribution is -2.53. The van der Waals surface area contributed by atoms with Crippen LogP contribution in [0.4, 0.5) is 0 Å². The summed E-state index contributed by atoms with van der Waals surface area (Å²) in [6, 6.07) is -0.298. The van der Waals surface area contributed by atoms with Gasteiger partial charge in [0.15, 0.2) is 5.37 Å². The lowest BCUT2D eigenvalue weighted by atomic mass is 9.90. The van der Waals surface area contributed by atoms with Crippen LogP contribution in [0.1, 0.15) is 71.1 Å². The minimum Gasteiger partial charge on any atom is -0.467 e. The lowest BCUT2D eigenvalue weighted by molar-refractivity contribution is -0.225. The Balaban J connectivity index is 1.78. The second kappa shape index (κ2) is 11.8. The summed E-state index contributed by atoms with van der Waals surface area (Å²) in [4.78, 5) is 46.2. The van der Waals surface area contributed by atoms with Crippen LogP contribution >= 0.6 is 24.4 Å². The molecular formula is C22H36N2O5S2. The Morgan fingerprint density at radius 3 is 2.03 bits per heavy atom. The van der Waals surface area contributed by atoms with Crippen LogP contribution in [-0.4, -0.2) is 69.9 Å². The van der Waals surface area contributed by atoms with Gasteiger partial charge >= 0.3 is 11.9 Å². The first-order chi connectivity index (χ1) is 15.0. The van der Waals surface area contributed by atoms with Crippen molar-refractivity contribution in [1.82, 2.24) is 9.96 Å². The molecule has 0 N–H and O–H groups in total. The Hall–Kier alpha value is -0.930. The molecule has 0 aromatic carbocycles. The molecule has 3 aliphatic rings. The lowest BCUT2D eigenvalue weighted by Gasteiger charge is -2.40. The second-order valence-electron chi connectivity index (χ2n) is 8.91. The first-order valence-corrected chi connectivity index (χ1v) is 13.3. The molecule has 7 nitrogen and oxygen atoms in total. The Morgan fingerprint density at radius 2 is 1.55 bits per heavy atom. The van der Waals surface area contributed by atoms with E-state index in [4.69, 9.17) is 9.57 Å². The third-order valence-electron chi connectivity index (χ3n) is 6.69.